The van der Waals surface area contributed by atoms with Crippen molar-refractivity contribution in [3.63, 3.8) is 0 Å². The summed E-state index contributed by atoms with van der Waals surface area (Å²) in [6.07, 6.45) is 18.7. The molecule has 2 aromatic rings. The Morgan fingerprint density at radius 3 is 1.40 bits per heavy atom. The quantitative estimate of drug-likeness (QED) is 0.0244. The van der Waals surface area contributed by atoms with Crippen molar-refractivity contribution < 1.29 is 54.5 Å². The maximum absolute atomic E-state index is 13.3. The number of benzene rings is 2. The van der Waals surface area contributed by atoms with Crippen molar-refractivity contribution in [2.75, 3.05) is 6.54 Å². The molecule has 1 amide bonds. The van der Waals surface area contributed by atoms with Gasteiger partial charge < -0.3 is 45.4 Å². The lowest BCUT2D eigenvalue weighted by molar-refractivity contribution is -0.196. The highest BCUT2D eigenvalue weighted by Gasteiger charge is 2.52. The Morgan fingerprint density at radius 2 is 1.02 bits per heavy atom. The number of rotatable bonds is 24. The number of aliphatic hydroxyl groups excluding tert-OH is 1. The van der Waals surface area contributed by atoms with Gasteiger partial charge in [0.15, 0.2) is 23.0 Å². The molecule has 0 radical (unpaired) electrons. The Labute approximate surface area is 324 Å². The van der Waals surface area contributed by atoms with Crippen molar-refractivity contribution in [3.8, 4) is 23.0 Å². The molecule has 1 aliphatic rings. The molecule has 0 aliphatic heterocycles. The van der Waals surface area contributed by atoms with Gasteiger partial charge in [0.2, 0.25) is 0 Å². The highest BCUT2D eigenvalue weighted by atomic mass is 16.6. The lowest BCUT2D eigenvalue weighted by Crippen LogP contribution is -2.60. The molecule has 0 saturated heterocycles. The second-order valence-corrected chi connectivity index (χ2v) is 14.6. The van der Waals surface area contributed by atoms with Crippen LogP contribution in [0, 0.1) is 0 Å². The molecule has 1 saturated carbocycles. The van der Waals surface area contributed by atoms with Crippen LogP contribution in [0.4, 0.5) is 0 Å². The molecule has 0 spiro atoms. The van der Waals surface area contributed by atoms with Gasteiger partial charge in [-0.05, 0) is 54.0 Å². The molecule has 0 aromatic heterocycles. The average molecular weight is 768 g/mol. The molecule has 1 fully saturated rings. The number of aliphatic hydroxyl groups is 2. The van der Waals surface area contributed by atoms with Gasteiger partial charge in [0.25, 0.3) is 5.91 Å². The monoisotopic (exact) mass is 767 g/mol. The van der Waals surface area contributed by atoms with Crippen LogP contribution in [0.25, 0.3) is 12.2 Å². The Balaban J connectivity index is 1.49. The third-order valence-corrected chi connectivity index (χ3v) is 9.94. The van der Waals surface area contributed by atoms with Crippen LogP contribution in [0.3, 0.4) is 0 Å². The summed E-state index contributed by atoms with van der Waals surface area (Å²) in [5.41, 5.74) is -1.42. The molecule has 2 aromatic carbocycles. The first-order valence-corrected chi connectivity index (χ1v) is 19.9. The fourth-order valence-corrected chi connectivity index (χ4v) is 6.67. The van der Waals surface area contributed by atoms with Crippen LogP contribution in [0.5, 0.6) is 23.0 Å². The summed E-state index contributed by atoms with van der Waals surface area (Å²) < 4.78 is 10.9. The molecule has 304 valence electrons. The lowest BCUT2D eigenvalue weighted by Gasteiger charge is -2.41. The second kappa shape index (κ2) is 24.1. The van der Waals surface area contributed by atoms with Crippen LogP contribution in [-0.4, -0.2) is 78.9 Å². The zero-order valence-corrected chi connectivity index (χ0v) is 32.2. The molecule has 2 unspecified atom stereocenters. The lowest BCUT2D eigenvalue weighted by atomic mass is 9.78. The van der Waals surface area contributed by atoms with Gasteiger partial charge in [0.1, 0.15) is 23.9 Å². The van der Waals surface area contributed by atoms with Crippen molar-refractivity contribution >= 4 is 30.0 Å². The van der Waals surface area contributed by atoms with Gasteiger partial charge in [-0.25, -0.2) is 9.59 Å². The smallest absolute Gasteiger partial charge is 0.331 e. The number of unbranched alkanes of at least 4 members (excludes halogenated alkanes) is 15. The van der Waals surface area contributed by atoms with Gasteiger partial charge in [-0.3, -0.25) is 4.79 Å². The van der Waals surface area contributed by atoms with E-state index in [0.29, 0.717) is 24.1 Å². The zero-order chi connectivity index (χ0) is 40.1. The van der Waals surface area contributed by atoms with E-state index >= 15 is 0 Å². The van der Waals surface area contributed by atoms with E-state index in [0.717, 1.165) is 31.4 Å². The van der Waals surface area contributed by atoms with E-state index in [1.807, 2.05) is 0 Å². The number of hydrogen-bond acceptors (Lipinski definition) is 11. The molecule has 0 bridgehead atoms. The molecule has 3 rings (SSSR count). The van der Waals surface area contributed by atoms with Gasteiger partial charge in [-0.2, -0.15) is 0 Å². The number of nitrogens with one attached hydrogen (secondary N) is 1. The predicted molar refractivity (Wildman–Crippen MR) is 210 cm³/mol. The molecule has 12 nitrogen and oxygen atoms in total. The molecule has 1 aliphatic carbocycles. The Kier molecular flexibility index (Phi) is 19.6. The van der Waals surface area contributed by atoms with Crippen LogP contribution in [0.2, 0.25) is 0 Å². The minimum absolute atomic E-state index is 0.307. The standard InChI is InChI=1S/C43H61NO11/c1-2-3-4-5-6-7-8-9-10-11-12-13-14-15-16-17-26-44-42(52)43(53)29-37(54-39(49)24-20-31-18-22-33(45)35(47)27-31)41(51)38(30-43)55-40(50)25-21-32-19-23-34(46)36(48)28-32/h18-25,27-28,37-38,41,45-48,51,53H,2-17,26,29-30H2,1H3,(H,44,52)/b24-20+,25-21?/t37-,38-,41?,43?/m1/s1. The summed E-state index contributed by atoms with van der Waals surface area (Å²) in [5.74, 6) is -4.08. The number of amides is 1. The number of carbonyl (C=O) groups is 3. The minimum Gasteiger partial charge on any atom is -0.504 e. The first-order chi connectivity index (χ1) is 26.4. The summed E-state index contributed by atoms with van der Waals surface area (Å²) in [6, 6.07) is 7.81. The van der Waals surface area contributed by atoms with Crippen molar-refractivity contribution in [2.24, 2.45) is 0 Å². The fourth-order valence-electron chi connectivity index (χ4n) is 6.67. The third-order valence-electron chi connectivity index (χ3n) is 9.94. The van der Waals surface area contributed by atoms with Crippen LogP contribution in [0.15, 0.2) is 48.6 Å². The van der Waals surface area contributed by atoms with E-state index in [-0.39, 0.29) is 11.5 Å². The summed E-state index contributed by atoms with van der Waals surface area (Å²) >= 11 is 0. The largest absolute Gasteiger partial charge is 0.504 e. The molecule has 12 heteroatoms. The number of ether oxygens (including phenoxy) is 2. The van der Waals surface area contributed by atoms with E-state index < -0.39 is 66.1 Å². The topological polar surface area (TPSA) is 203 Å². The van der Waals surface area contributed by atoms with Crippen LogP contribution < -0.4 is 5.32 Å². The van der Waals surface area contributed by atoms with Crippen LogP contribution in [0.1, 0.15) is 134 Å². The summed E-state index contributed by atoms with van der Waals surface area (Å²) in [6.45, 7) is 2.55. The molecular weight excluding hydrogens is 706 g/mol. The van der Waals surface area contributed by atoms with Crippen molar-refractivity contribution in [3.05, 3.63) is 59.7 Å². The maximum atomic E-state index is 13.3. The van der Waals surface area contributed by atoms with Crippen molar-refractivity contribution in [1.29, 1.82) is 0 Å². The Hall–Kier alpha value is -4.55. The minimum atomic E-state index is -2.15. The maximum Gasteiger partial charge on any atom is 0.331 e. The van der Waals surface area contributed by atoms with Crippen molar-refractivity contribution in [1.82, 2.24) is 5.32 Å². The molecule has 55 heavy (non-hydrogen) atoms. The highest BCUT2D eigenvalue weighted by Crippen LogP contribution is 2.34. The van der Waals surface area contributed by atoms with E-state index in [4.69, 9.17) is 9.47 Å². The van der Waals surface area contributed by atoms with E-state index in [2.05, 4.69) is 12.2 Å². The summed E-state index contributed by atoms with van der Waals surface area (Å²) in [7, 11) is 0. The first kappa shape index (κ1) is 44.8. The average Bonchev–Trinajstić information content (AvgIpc) is 3.15. The molecule has 0 heterocycles. The highest BCUT2D eigenvalue weighted by molar-refractivity contribution is 5.89. The molecule has 7 N–H and O–H groups in total. The number of aromatic hydroxyl groups is 4. The van der Waals surface area contributed by atoms with Crippen LogP contribution >= 0.6 is 0 Å². The second-order valence-electron chi connectivity index (χ2n) is 14.6. The van der Waals surface area contributed by atoms with Gasteiger partial charge in [-0.1, -0.05) is 115 Å². The summed E-state index contributed by atoms with van der Waals surface area (Å²) in [4.78, 5) is 38.9. The Bertz CT molecular complexity index is 1470. The molecular formula is C43H61NO11. The number of hydrogen-bond donors (Lipinski definition) is 7. The van der Waals surface area contributed by atoms with Gasteiger partial charge in [0, 0.05) is 31.5 Å². The third kappa shape index (κ3) is 16.4. The van der Waals surface area contributed by atoms with E-state index in [1.165, 1.54) is 126 Å². The van der Waals surface area contributed by atoms with Gasteiger partial charge >= 0.3 is 11.9 Å². The van der Waals surface area contributed by atoms with Gasteiger partial charge in [0.05, 0.1) is 0 Å². The first-order valence-electron chi connectivity index (χ1n) is 19.9. The predicted octanol–water partition coefficient (Wildman–Crippen LogP) is 7.32. The zero-order valence-electron chi connectivity index (χ0n) is 32.2. The van der Waals surface area contributed by atoms with Crippen LogP contribution in [-0.2, 0) is 23.9 Å². The summed E-state index contributed by atoms with van der Waals surface area (Å²) in [5, 5.41) is 63.9. The number of carbonyl (C=O) groups excluding carboxylic acids is 3. The normalized spacial score (nSPS) is 19.8. The van der Waals surface area contributed by atoms with E-state index in [9.17, 15) is 45.0 Å². The number of esters is 2. The number of phenols is 4. The Morgan fingerprint density at radius 1 is 0.636 bits per heavy atom. The van der Waals surface area contributed by atoms with E-state index in [1.54, 1.807) is 0 Å². The SMILES string of the molecule is CCCCCCCCCCCCCCCCCCNC(=O)C1(O)C[C@@H](OC(=O)C=Cc2ccc(O)c(O)c2)C(O)[C@H](OC(=O)/C=C/c2ccc(O)c(O)c2)C1. The molecule has 4 atom stereocenters. The van der Waals surface area contributed by atoms with Gasteiger partial charge in [-0.15, -0.1) is 0 Å². The fraction of sp³-hybridized carbons (Fsp3) is 0.558. The number of phenolic OH excluding ortho intramolecular Hbond substituents is 4. The van der Waals surface area contributed by atoms with Crippen molar-refractivity contribution in [2.45, 2.75) is 146 Å².